The predicted octanol–water partition coefficient (Wildman–Crippen LogP) is 1.40. The quantitative estimate of drug-likeness (QED) is 0.104. The van der Waals surface area contributed by atoms with E-state index in [1.807, 2.05) is 4.98 Å². The first-order valence-corrected chi connectivity index (χ1v) is 13.7. The van der Waals surface area contributed by atoms with E-state index in [1.165, 1.54) is 38.1 Å². The molecule has 0 saturated carbocycles. The van der Waals surface area contributed by atoms with Crippen molar-refractivity contribution in [3.05, 3.63) is 73.4 Å². The summed E-state index contributed by atoms with van der Waals surface area (Å²) in [5, 5.41) is 17.1. The SMILES string of the molecule is CCOC(=O)c1ccccc1OP(=O)(N[C@@H](C)C(=O)OC)OC[C@H]1OC(n2ccc(=O)[nH]c2=O)[C@](C)(N=[N+]=[N-])[C@@H]1O. The Labute approximate surface area is 232 Å². The van der Waals surface area contributed by atoms with Crippen molar-refractivity contribution >= 4 is 19.7 Å². The minimum atomic E-state index is -4.56. The van der Waals surface area contributed by atoms with Gasteiger partial charge in [0.15, 0.2) is 6.23 Å². The summed E-state index contributed by atoms with van der Waals surface area (Å²) in [6.07, 6.45) is -3.33. The lowest BCUT2D eigenvalue weighted by molar-refractivity contribution is -0.142. The number of azide groups is 1. The molecule has 6 atom stereocenters. The second kappa shape index (κ2) is 13.1. The first-order chi connectivity index (χ1) is 19.4. The molecule has 3 N–H and O–H groups in total. The number of hydrogen-bond donors (Lipinski definition) is 3. The van der Waals surface area contributed by atoms with Crippen LogP contribution in [0.5, 0.6) is 5.75 Å². The number of nitrogens with zero attached hydrogens (tertiary/aromatic N) is 4. The molecule has 17 nitrogen and oxygen atoms in total. The summed E-state index contributed by atoms with van der Waals surface area (Å²) in [6.45, 7) is 3.59. The Bertz CT molecular complexity index is 1490. The Morgan fingerprint density at radius 1 is 1.34 bits per heavy atom. The molecule has 0 amide bonds. The van der Waals surface area contributed by atoms with Gasteiger partial charge in [0.05, 0.1) is 26.4 Å². The second-order valence-corrected chi connectivity index (χ2v) is 10.6. The molecule has 0 bridgehead atoms. The fourth-order valence-corrected chi connectivity index (χ4v) is 5.50. The van der Waals surface area contributed by atoms with E-state index in [0.717, 1.165) is 23.9 Å². The number of hydrogen-bond acceptors (Lipinski definition) is 12. The molecule has 3 rings (SSSR count). The topological polar surface area (TPSA) is 233 Å². The van der Waals surface area contributed by atoms with E-state index in [-0.39, 0.29) is 17.9 Å². The van der Waals surface area contributed by atoms with Crippen LogP contribution >= 0.6 is 7.75 Å². The van der Waals surface area contributed by atoms with Gasteiger partial charge in [-0.05, 0) is 38.4 Å². The summed E-state index contributed by atoms with van der Waals surface area (Å²) < 4.78 is 41.4. The zero-order chi connectivity index (χ0) is 30.4. The molecule has 1 saturated heterocycles. The predicted molar refractivity (Wildman–Crippen MR) is 140 cm³/mol. The minimum absolute atomic E-state index is 0.0549. The number of aliphatic hydroxyl groups excluding tert-OH is 1. The van der Waals surface area contributed by atoms with Crippen molar-refractivity contribution in [1.82, 2.24) is 14.6 Å². The number of benzene rings is 1. The highest BCUT2D eigenvalue weighted by Crippen LogP contribution is 2.48. The Kier molecular flexibility index (Phi) is 10.1. The summed E-state index contributed by atoms with van der Waals surface area (Å²) in [6, 6.07) is 5.50. The van der Waals surface area contributed by atoms with Gasteiger partial charge in [0, 0.05) is 17.2 Å². The summed E-state index contributed by atoms with van der Waals surface area (Å²) in [7, 11) is -3.45. The van der Waals surface area contributed by atoms with Crippen molar-refractivity contribution in [1.29, 1.82) is 0 Å². The third kappa shape index (κ3) is 7.03. The molecule has 2 heterocycles. The van der Waals surface area contributed by atoms with Gasteiger partial charge >= 0.3 is 25.4 Å². The number of para-hydroxylation sites is 1. The standard InChI is InChI=1S/C23H29N6O11P/c1-5-37-20(33)14-8-6-7-9-15(14)40-41(35,26-13(2)19(32)36-4)38-12-16-18(31)23(3,27-28-24)21(39-16)29-11-10-17(30)25-22(29)34/h6-11,13,16,18,21,31H,5,12H2,1-4H3,(H,26,35)(H,25,30,34)/t13-,16+,18+,21?,23+,41?/m0/s1. The van der Waals surface area contributed by atoms with Crippen molar-refractivity contribution in [2.24, 2.45) is 5.11 Å². The highest BCUT2D eigenvalue weighted by Gasteiger charge is 2.55. The second-order valence-electron chi connectivity index (χ2n) is 8.88. The van der Waals surface area contributed by atoms with Crippen molar-refractivity contribution in [3.8, 4) is 5.75 Å². The Morgan fingerprint density at radius 3 is 2.68 bits per heavy atom. The number of aliphatic hydroxyl groups is 1. The zero-order valence-corrected chi connectivity index (χ0v) is 23.3. The van der Waals surface area contributed by atoms with Crippen molar-refractivity contribution in [2.45, 2.75) is 50.8 Å². The number of rotatable bonds is 12. The maximum Gasteiger partial charge on any atom is 0.459 e. The number of ether oxygens (including phenoxy) is 3. The van der Waals surface area contributed by atoms with Gasteiger partial charge in [-0.3, -0.25) is 23.7 Å². The molecular weight excluding hydrogens is 567 g/mol. The fraction of sp³-hybridized carbons (Fsp3) is 0.478. The molecule has 0 aliphatic carbocycles. The number of carbonyl (C=O) groups is 2. The van der Waals surface area contributed by atoms with Crippen LogP contribution in [0.15, 0.2) is 51.2 Å². The van der Waals surface area contributed by atoms with Crippen LogP contribution in [0.2, 0.25) is 0 Å². The van der Waals surface area contributed by atoms with Gasteiger partial charge in [-0.15, -0.1) is 0 Å². The van der Waals surface area contributed by atoms with Crippen molar-refractivity contribution in [2.75, 3.05) is 20.3 Å². The van der Waals surface area contributed by atoms with Gasteiger partial charge < -0.3 is 23.8 Å². The number of H-pyrrole nitrogens is 1. The van der Waals surface area contributed by atoms with Crippen molar-refractivity contribution < 1.29 is 42.5 Å². The van der Waals surface area contributed by atoms with E-state index in [2.05, 4.69) is 19.9 Å². The zero-order valence-electron chi connectivity index (χ0n) is 22.5. The van der Waals surface area contributed by atoms with Crippen LogP contribution in [0.4, 0.5) is 0 Å². The normalized spacial score (nSPS) is 24.0. The Balaban J connectivity index is 1.94. The molecule has 2 unspecified atom stereocenters. The van der Waals surface area contributed by atoms with Gasteiger partial charge in [-0.25, -0.2) is 14.2 Å². The molecular formula is C23H29N6O11P. The Hall–Kier alpha value is -3.98. The minimum Gasteiger partial charge on any atom is -0.468 e. The number of nitrogens with one attached hydrogen (secondary N) is 2. The molecule has 2 aromatic rings. The van der Waals surface area contributed by atoms with E-state index >= 15 is 0 Å². The summed E-state index contributed by atoms with van der Waals surface area (Å²) in [5.41, 5.74) is 5.66. The van der Waals surface area contributed by atoms with Crippen LogP contribution in [0.3, 0.4) is 0 Å². The first kappa shape index (κ1) is 31.5. The van der Waals surface area contributed by atoms with Gasteiger partial charge in [0.2, 0.25) is 0 Å². The van der Waals surface area contributed by atoms with Crippen LogP contribution in [0.25, 0.3) is 10.4 Å². The van der Waals surface area contributed by atoms with E-state index in [4.69, 9.17) is 24.1 Å². The number of esters is 2. The van der Waals surface area contributed by atoms with E-state index < -0.39 is 67.6 Å². The maximum atomic E-state index is 13.9. The molecule has 1 aromatic carbocycles. The summed E-state index contributed by atoms with van der Waals surface area (Å²) >= 11 is 0. The number of aromatic nitrogens is 2. The maximum absolute atomic E-state index is 13.9. The lowest BCUT2D eigenvalue weighted by Gasteiger charge is -2.28. The molecule has 1 fully saturated rings. The molecule has 222 valence electrons. The molecule has 1 aliphatic rings. The first-order valence-electron chi connectivity index (χ1n) is 12.2. The van der Waals surface area contributed by atoms with Gasteiger partial charge in [-0.1, -0.05) is 17.2 Å². The van der Waals surface area contributed by atoms with Crippen LogP contribution < -0.4 is 20.9 Å². The lowest BCUT2D eigenvalue weighted by atomic mass is 9.93. The third-order valence-electron chi connectivity index (χ3n) is 6.03. The molecule has 0 radical (unpaired) electrons. The fourth-order valence-electron chi connectivity index (χ4n) is 3.98. The van der Waals surface area contributed by atoms with Gasteiger partial charge in [0.1, 0.15) is 29.0 Å². The van der Waals surface area contributed by atoms with Gasteiger partial charge in [0.25, 0.3) is 5.56 Å². The smallest absolute Gasteiger partial charge is 0.459 e. The van der Waals surface area contributed by atoms with Gasteiger partial charge in [-0.2, -0.15) is 5.09 Å². The summed E-state index contributed by atoms with van der Waals surface area (Å²) in [5.74, 6) is -1.80. The van der Waals surface area contributed by atoms with Crippen LogP contribution in [-0.2, 0) is 28.1 Å². The number of carbonyl (C=O) groups excluding carboxylic acids is 2. The lowest BCUT2D eigenvalue weighted by Crippen LogP contribution is -2.45. The number of aromatic amines is 1. The van der Waals surface area contributed by atoms with E-state index in [1.54, 1.807) is 6.92 Å². The molecule has 1 aliphatic heterocycles. The van der Waals surface area contributed by atoms with Crippen LogP contribution in [0, 0.1) is 0 Å². The largest absolute Gasteiger partial charge is 0.468 e. The number of methoxy groups -OCH3 is 1. The highest BCUT2D eigenvalue weighted by atomic mass is 31.2. The Morgan fingerprint density at radius 2 is 2.05 bits per heavy atom. The van der Waals surface area contributed by atoms with Crippen molar-refractivity contribution in [3.63, 3.8) is 0 Å². The average molecular weight is 596 g/mol. The van der Waals surface area contributed by atoms with Crippen LogP contribution in [-0.4, -0.2) is 70.7 Å². The highest BCUT2D eigenvalue weighted by molar-refractivity contribution is 7.52. The monoisotopic (exact) mass is 596 g/mol. The molecule has 1 aromatic heterocycles. The van der Waals surface area contributed by atoms with E-state index in [0.29, 0.717) is 0 Å². The summed E-state index contributed by atoms with van der Waals surface area (Å²) in [4.78, 5) is 53.2. The average Bonchev–Trinajstić information content (AvgIpc) is 3.17. The third-order valence-corrected chi connectivity index (χ3v) is 7.66. The van der Waals surface area contributed by atoms with Crippen LogP contribution in [0.1, 0.15) is 37.4 Å². The molecule has 41 heavy (non-hydrogen) atoms. The molecule has 18 heteroatoms. The van der Waals surface area contributed by atoms with E-state index in [9.17, 15) is 28.8 Å². The molecule has 0 spiro atoms.